The van der Waals surface area contributed by atoms with Gasteiger partial charge in [-0.2, -0.15) is 4.98 Å². The van der Waals surface area contributed by atoms with Crippen molar-refractivity contribution in [3.63, 3.8) is 0 Å². The number of ether oxygens (including phenoxy) is 1. The lowest BCUT2D eigenvalue weighted by molar-refractivity contribution is -0.114. The third-order valence-corrected chi connectivity index (χ3v) is 7.26. The number of amides is 2. The number of rotatable bonds is 9. The van der Waals surface area contributed by atoms with Crippen molar-refractivity contribution in [3.05, 3.63) is 46.0 Å². The molecule has 2 aliphatic rings. The minimum Gasteiger partial charge on any atom is -0.379 e. The van der Waals surface area contributed by atoms with Gasteiger partial charge in [0.2, 0.25) is 11.8 Å². The van der Waals surface area contributed by atoms with Crippen molar-refractivity contribution >= 4 is 35.0 Å². The SMILES string of the molecule is CC(=O)Nc1ccc(NC(=O)CSc2nc(=O)n(CCCN3CCOCC3)c3c2CCCC3)cc1. The Balaban J connectivity index is 1.36. The van der Waals surface area contributed by atoms with Crippen LogP contribution in [0.5, 0.6) is 0 Å². The number of thioether (sulfide) groups is 1. The molecular formula is C25H33N5O4S. The molecule has 4 rings (SSSR count). The molecule has 35 heavy (non-hydrogen) atoms. The van der Waals surface area contributed by atoms with Crippen LogP contribution >= 0.6 is 11.8 Å². The summed E-state index contributed by atoms with van der Waals surface area (Å²) in [6.07, 6.45) is 4.81. The lowest BCUT2D eigenvalue weighted by atomic mass is 9.97. The molecule has 9 nitrogen and oxygen atoms in total. The summed E-state index contributed by atoms with van der Waals surface area (Å²) < 4.78 is 7.27. The van der Waals surface area contributed by atoms with Gasteiger partial charge in [-0.3, -0.25) is 19.1 Å². The zero-order chi connectivity index (χ0) is 24.6. The molecule has 0 radical (unpaired) electrons. The largest absolute Gasteiger partial charge is 0.379 e. The number of hydrogen-bond acceptors (Lipinski definition) is 7. The summed E-state index contributed by atoms with van der Waals surface area (Å²) in [6, 6.07) is 6.96. The standard InChI is InChI=1S/C25H33N5O4S/c1-18(31)26-19-7-9-20(10-8-19)27-23(32)17-35-24-21-5-2-3-6-22(21)30(25(33)28-24)12-4-11-29-13-15-34-16-14-29/h7-10H,2-6,11-17H2,1H3,(H,26,31)(H,27,32). The number of fused-ring (bicyclic) bond motifs is 1. The molecule has 1 aliphatic heterocycles. The van der Waals surface area contributed by atoms with Crippen molar-refractivity contribution in [1.82, 2.24) is 14.5 Å². The van der Waals surface area contributed by atoms with Gasteiger partial charge in [0.05, 0.1) is 19.0 Å². The molecule has 2 N–H and O–H groups in total. The average Bonchev–Trinajstić information content (AvgIpc) is 2.86. The topological polar surface area (TPSA) is 106 Å². The third kappa shape index (κ3) is 7.16. The van der Waals surface area contributed by atoms with Crippen molar-refractivity contribution < 1.29 is 14.3 Å². The number of anilines is 2. The van der Waals surface area contributed by atoms with Crippen LogP contribution in [0.15, 0.2) is 34.1 Å². The minimum atomic E-state index is -0.218. The summed E-state index contributed by atoms with van der Waals surface area (Å²) in [5.41, 5.74) is 3.32. The molecule has 1 saturated heterocycles. The smallest absolute Gasteiger partial charge is 0.348 e. The van der Waals surface area contributed by atoms with Gasteiger partial charge in [0.15, 0.2) is 0 Å². The molecule has 2 aromatic rings. The number of aromatic nitrogens is 2. The number of benzene rings is 1. The number of carbonyl (C=O) groups excluding carboxylic acids is 2. The Hall–Kier alpha value is -2.69. The first-order chi connectivity index (χ1) is 17.0. The van der Waals surface area contributed by atoms with Crippen LogP contribution in [0.1, 0.15) is 37.4 Å². The molecule has 188 valence electrons. The number of morpholine rings is 1. The van der Waals surface area contributed by atoms with Crippen LogP contribution in [0.4, 0.5) is 11.4 Å². The van der Waals surface area contributed by atoms with Gasteiger partial charge in [-0.25, -0.2) is 4.79 Å². The molecule has 1 aliphatic carbocycles. The Morgan fingerprint density at radius 1 is 1.03 bits per heavy atom. The van der Waals surface area contributed by atoms with Gasteiger partial charge in [0.25, 0.3) is 0 Å². The van der Waals surface area contributed by atoms with E-state index in [9.17, 15) is 14.4 Å². The first-order valence-electron chi connectivity index (χ1n) is 12.2. The van der Waals surface area contributed by atoms with E-state index >= 15 is 0 Å². The average molecular weight is 500 g/mol. The van der Waals surface area contributed by atoms with E-state index in [1.807, 2.05) is 4.57 Å². The highest BCUT2D eigenvalue weighted by Gasteiger charge is 2.21. The molecule has 2 amide bonds. The van der Waals surface area contributed by atoms with Gasteiger partial charge in [0, 0.05) is 55.7 Å². The second-order valence-corrected chi connectivity index (χ2v) is 9.85. The summed E-state index contributed by atoms with van der Waals surface area (Å²) in [5.74, 6) is -0.135. The van der Waals surface area contributed by atoms with E-state index in [1.54, 1.807) is 24.3 Å². The Kier molecular flexibility index (Phi) is 8.95. The van der Waals surface area contributed by atoms with Gasteiger partial charge < -0.3 is 15.4 Å². The van der Waals surface area contributed by atoms with Crippen LogP contribution in [-0.2, 0) is 33.7 Å². The maximum absolute atomic E-state index is 12.9. The highest BCUT2D eigenvalue weighted by atomic mass is 32.2. The first-order valence-corrected chi connectivity index (χ1v) is 13.2. The van der Waals surface area contributed by atoms with Crippen molar-refractivity contribution in [2.24, 2.45) is 0 Å². The third-order valence-electron chi connectivity index (χ3n) is 6.24. The fraction of sp³-hybridized carbons (Fsp3) is 0.520. The number of nitrogens with zero attached hydrogens (tertiary/aromatic N) is 3. The van der Waals surface area contributed by atoms with Crippen LogP contribution in [0, 0.1) is 0 Å². The summed E-state index contributed by atoms with van der Waals surface area (Å²) in [6.45, 7) is 6.52. The van der Waals surface area contributed by atoms with Crippen LogP contribution in [0.25, 0.3) is 0 Å². The van der Waals surface area contributed by atoms with Gasteiger partial charge in [0.1, 0.15) is 5.03 Å². The van der Waals surface area contributed by atoms with E-state index in [0.717, 1.165) is 76.2 Å². The molecule has 10 heteroatoms. The molecule has 0 atom stereocenters. The zero-order valence-electron chi connectivity index (χ0n) is 20.2. The van der Waals surface area contributed by atoms with Gasteiger partial charge in [-0.05, 0) is 56.4 Å². The quantitative estimate of drug-likeness (QED) is 0.403. The Morgan fingerprint density at radius 3 is 2.43 bits per heavy atom. The summed E-state index contributed by atoms with van der Waals surface area (Å²) in [7, 11) is 0. The van der Waals surface area contributed by atoms with Gasteiger partial charge in [-0.15, -0.1) is 0 Å². The predicted octanol–water partition coefficient (Wildman–Crippen LogP) is 2.53. The van der Waals surface area contributed by atoms with Crippen LogP contribution in [0.3, 0.4) is 0 Å². The van der Waals surface area contributed by atoms with E-state index in [2.05, 4.69) is 20.5 Å². The highest BCUT2D eigenvalue weighted by Crippen LogP contribution is 2.28. The molecule has 0 saturated carbocycles. The second kappa shape index (κ2) is 12.3. The predicted molar refractivity (Wildman–Crippen MR) is 137 cm³/mol. The maximum atomic E-state index is 12.9. The van der Waals surface area contributed by atoms with Gasteiger partial charge in [-0.1, -0.05) is 11.8 Å². The lowest BCUT2D eigenvalue weighted by Crippen LogP contribution is -2.38. The van der Waals surface area contributed by atoms with E-state index in [1.165, 1.54) is 18.7 Å². The van der Waals surface area contributed by atoms with Crippen molar-refractivity contribution in [2.75, 3.05) is 49.2 Å². The van der Waals surface area contributed by atoms with Crippen molar-refractivity contribution in [1.29, 1.82) is 0 Å². The normalized spacial score (nSPS) is 15.9. The molecule has 1 aromatic carbocycles. The highest BCUT2D eigenvalue weighted by molar-refractivity contribution is 8.00. The van der Waals surface area contributed by atoms with E-state index in [0.29, 0.717) is 22.9 Å². The number of hydrogen-bond donors (Lipinski definition) is 2. The Bertz CT molecular complexity index is 1100. The zero-order valence-corrected chi connectivity index (χ0v) is 21.0. The minimum absolute atomic E-state index is 0.145. The first kappa shape index (κ1) is 25.4. The van der Waals surface area contributed by atoms with E-state index < -0.39 is 0 Å². The fourth-order valence-corrected chi connectivity index (χ4v) is 5.42. The second-order valence-electron chi connectivity index (χ2n) is 8.89. The fourth-order valence-electron chi connectivity index (χ4n) is 4.55. The van der Waals surface area contributed by atoms with E-state index in [-0.39, 0.29) is 23.3 Å². The van der Waals surface area contributed by atoms with Crippen molar-refractivity contribution in [3.8, 4) is 0 Å². The summed E-state index contributed by atoms with van der Waals surface area (Å²) >= 11 is 1.33. The van der Waals surface area contributed by atoms with Crippen LogP contribution in [-0.4, -0.2) is 64.9 Å². The summed E-state index contributed by atoms with van der Waals surface area (Å²) in [4.78, 5) is 43.4. The lowest BCUT2D eigenvalue weighted by Gasteiger charge is -2.27. The molecule has 1 aromatic heterocycles. The molecule has 0 bridgehead atoms. The molecule has 0 unspecified atom stereocenters. The van der Waals surface area contributed by atoms with Crippen molar-refractivity contribution in [2.45, 2.75) is 50.6 Å². The Morgan fingerprint density at radius 2 is 1.71 bits per heavy atom. The van der Waals surface area contributed by atoms with Crippen LogP contribution in [0.2, 0.25) is 0 Å². The molecular weight excluding hydrogens is 466 g/mol. The monoisotopic (exact) mass is 499 g/mol. The van der Waals surface area contributed by atoms with Gasteiger partial charge >= 0.3 is 5.69 Å². The molecule has 0 spiro atoms. The van der Waals surface area contributed by atoms with Crippen LogP contribution < -0.4 is 16.3 Å². The Labute approximate surface area is 209 Å². The summed E-state index contributed by atoms with van der Waals surface area (Å²) in [5, 5.41) is 6.24. The molecule has 1 fully saturated rings. The maximum Gasteiger partial charge on any atom is 0.348 e. The number of carbonyl (C=O) groups is 2. The molecule has 2 heterocycles. The number of nitrogens with one attached hydrogen (secondary N) is 2. The van der Waals surface area contributed by atoms with E-state index in [4.69, 9.17) is 4.74 Å².